The fourth-order valence-corrected chi connectivity index (χ4v) is 4.01. The van der Waals surface area contributed by atoms with Crippen LogP contribution in [0.25, 0.3) is 32.7 Å². The number of nitrogens with one attached hydrogen (secondary N) is 2. The van der Waals surface area contributed by atoms with Crippen LogP contribution < -0.4 is 10.6 Å². The lowest BCUT2D eigenvalue weighted by Crippen LogP contribution is -2.35. The van der Waals surface area contributed by atoms with E-state index in [2.05, 4.69) is 33.1 Å². The number of rotatable bonds is 6. The Morgan fingerprint density at radius 1 is 1.07 bits per heavy atom. The number of anilines is 1. The van der Waals surface area contributed by atoms with E-state index in [1.807, 2.05) is 44.2 Å². The molecule has 1 aromatic carbocycles. The van der Waals surface area contributed by atoms with Gasteiger partial charge in [-0.15, -0.1) is 11.3 Å². The van der Waals surface area contributed by atoms with E-state index in [0.717, 1.165) is 26.9 Å². The molecule has 3 aromatic heterocycles. The fraction of sp³-hybridized carbons (Fsp3) is 0.182. The van der Waals surface area contributed by atoms with Gasteiger partial charge in [0.25, 0.3) is 0 Å². The number of carbonyl (C=O) groups is 1. The summed E-state index contributed by atoms with van der Waals surface area (Å²) >= 11 is 1.56. The second-order valence-electron chi connectivity index (χ2n) is 6.91. The highest BCUT2D eigenvalue weighted by atomic mass is 32.1. The topological polar surface area (TPSA) is 79.8 Å². The Labute approximate surface area is 173 Å². The number of hydrogen-bond donors (Lipinski definition) is 2. The maximum atomic E-state index is 12.2. The largest absolute Gasteiger partial charge is 0.360 e. The second-order valence-corrected chi connectivity index (χ2v) is 7.77. The molecule has 1 amide bonds. The van der Waals surface area contributed by atoms with Gasteiger partial charge in [0.1, 0.15) is 10.6 Å². The number of amides is 1. The summed E-state index contributed by atoms with van der Waals surface area (Å²) in [6.45, 7) is 4.02. The first-order chi connectivity index (χ1) is 14.1. The molecule has 4 aromatic rings. The zero-order valence-electron chi connectivity index (χ0n) is 16.2. The van der Waals surface area contributed by atoms with E-state index >= 15 is 0 Å². The molecule has 2 N–H and O–H groups in total. The maximum absolute atomic E-state index is 12.2. The molecule has 7 heteroatoms. The zero-order chi connectivity index (χ0) is 20.2. The summed E-state index contributed by atoms with van der Waals surface area (Å²) in [5, 5.41) is 9.12. The fourth-order valence-electron chi connectivity index (χ4n) is 3.06. The molecule has 0 saturated heterocycles. The minimum absolute atomic E-state index is 0.0776. The van der Waals surface area contributed by atoms with Crippen molar-refractivity contribution < 1.29 is 4.79 Å². The third-order valence-electron chi connectivity index (χ3n) is 4.30. The van der Waals surface area contributed by atoms with Crippen molar-refractivity contribution in [3.63, 3.8) is 0 Å². The molecule has 0 radical (unpaired) electrons. The number of fused-ring (bicyclic) bond motifs is 1. The number of carbonyl (C=O) groups excluding carboxylic acids is 1. The Morgan fingerprint density at radius 3 is 2.59 bits per heavy atom. The van der Waals surface area contributed by atoms with Crippen LogP contribution in [0.2, 0.25) is 0 Å². The molecule has 29 heavy (non-hydrogen) atoms. The molecular weight excluding hydrogens is 382 g/mol. The Hall–Kier alpha value is -3.32. The normalized spacial score (nSPS) is 11.0. The van der Waals surface area contributed by atoms with E-state index in [0.29, 0.717) is 11.6 Å². The first-order valence-corrected chi connectivity index (χ1v) is 10.3. The quantitative estimate of drug-likeness (QED) is 0.500. The van der Waals surface area contributed by atoms with E-state index in [1.54, 1.807) is 23.7 Å². The van der Waals surface area contributed by atoms with Crippen LogP contribution in [0.15, 0.2) is 60.2 Å². The first-order valence-electron chi connectivity index (χ1n) is 9.40. The molecule has 0 saturated carbocycles. The van der Waals surface area contributed by atoms with Crippen molar-refractivity contribution in [2.75, 3.05) is 11.9 Å². The molecule has 4 rings (SSSR count). The summed E-state index contributed by atoms with van der Waals surface area (Å²) in [7, 11) is 0. The lowest BCUT2D eigenvalue weighted by atomic mass is 10.1. The predicted molar refractivity (Wildman–Crippen MR) is 118 cm³/mol. The number of thiophene rings is 1. The van der Waals surface area contributed by atoms with Gasteiger partial charge in [-0.05, 0) is 31.5 Å². The van der Waals surface area contributed by atoms with Gasteiger partial charge in [0.05, 0.1) is 11.9 Å². The molecule has 3 heterocycles. The minimum atomic E-state index is -0.0776. The molecule has 0 aliphatic heterocycles. The van der Waals surface area contributed by atoms with Crippen molar-refractivity contribution >= 4 is 33.3 Å². The van der Waals surface area contributed by atoms with Gasteiger partial charge >= 0.3 is 0 Å². The standard InChI is InChI=1S/C22H21N5OS/c1-14(2)25-18(28)12-24-21-19-17(15-7-4-3-5-8-15)13-29-22(19)27-20(26-21)16-9-6-10-23-11-16/h3-11,13-14H,12H2,1-2H3,(H,25,28)(H,24,26,27). The van der Waals surface area contributed by atoms with Gasteiger partial charge in [-0.2, -0.15) is 0 Å². The van der Waals surface area contributed by atoms with Crippen molar-refractivity contribution in [2.45, 2.75) is 19.9 Å². The van der Waals surface area contributed by atoms with Crippen LogP contribution in [0.5, 0.6) is 0 Å². The summed E-state index contributed by atoms with van der Waals surface area (Å²) in [6, 6.07) is 14.0. The average molecular weight is 404 g/mol. The minimum Gasteiger partial charge on any atom is -0.360 e. The lowest BCUT2D eigenvalue weighted by molar-refractivity contribution is -0.119. The summed E-state index contributed by atoms with van der Waals surface area (Å²) in [6.07, 6.45) is 3.46. The van der Waals surface area contributed by atoms with Crippen molar-refractivity contribution in [1.29, 1.82) is 0 Å². The van der Waals surface area contributed by atoms with Crippen LogP contribution in [0.3, 0.4) is 0 Å². The SMILES string of the molecule is CC(C)NC(=O)CNc1nc(-c2cccnc2)nc2scc(-c3ccccc3)c12. The van der Waals surface area contributed by atoms with E-state index < -0.39 is 0 Å². The molecule has 146 valence electrons. The van der Waals surface area contributed by atoms with Crippen molar-refractivity contribution in [1.82, 2.24) is 20.3 Å². The van der Waals surface area contributed by atoms with Gasteiger partial charge in [-0.1, -0.05) is 30.3 Å². The van der Waals surface area contributed by atoms with Crippen LogP contribution in [-0.2, 0) is 4.79 Å². The molecule has 6 nitrogen and oxygen atoms in total. The molecule has 0 atom stereocenters. The summed E-state index contributed by atoms with van der Waals surface area (Å²) in [5.74, 6) is 1.15. The zero-order valence-corrected chi connectivity index (χ0v) is 17.0. The van der Waals surface area contributed by atoms with Gasteiger partial charge in [-0.3, -0.25) is 9.78 Å². The first kappa shape index (κ1) is 19.0. The highest BCUT2D eigenvalue weighted by molar-refractivity contribution is 7.17. The third kappa shape index (κ3) is 4.25. The second kappa shape index (κ2) is 8.36. The Kier molecular flexibility index (Phi) is 5.48. The van der Waals surface area contributed by atoms with E-state index in [4.69, 9.17) is 9.97 Å². The summed E-state index contributed by atoms with van der Waals surface area (Å²) in [5.41, 5.74) is 2.97. The van der Waals surface area contributed by atoms with Crippen molar-refractivity contribution in [2.24, 2.45) is 0 Å². The highest BCUT2D eigenvalue weighted by Crippen LogP contribution is 2.37. The molecule has 0 aliphatic rings. The smallest absolute Gasteiger partial charge is 0.239 e. The van der Waals surface area contributed by atoms with Crippen LogP contribution in [0.1, 0.15) is 13.8 Å². The monoisotopic (exact) mass is 403 g/mol. The Balaban J connectivity index is 1.79. The van der Waals surface area contributed by atoms with Crippen molar-refractivity contribution in [3.05, 3.63) is 60.2 Å². The lowest BCUT2D eigenvalue weighted by Gasteiger charge is -2.12. The van der Waals surface area contributed by atoms with E-state index in [1.165, 1.54) is 0 Å². The number of benzene rings is 1. The molecular formula is C22H21N5OS. The summed E-state index contributed by atoms with van der Waals surface area (Å²) in [4.78, 5) is 26.7. The van der Waals surface area contributed by atoms with Gasteiger partial charge in [0.15, 0.2) is 5.82 Å². The van der Waals surface area contributed by atoms with E-state index in [9.17, 15) is 4.79 Å². The molecule has 0 fully saturated rings. The molecule has 0 aliphatic carbocycles. The van der Waals surface area contributed by atoms with Gasteiger partial charge in [-0.25, -0.2) is 9.97 Å². The molecule has 0 bridgehead atoms. The Morgan fingerprint density at radius 2 is 1.86 bits per heavy atom. The predicted octanol–water partition coefficient (Wildman–Crippen LogP) is 4.36. The number of nitrogens with zero attached hydrogens (tertiary/aromatic N) is 3. The molecule has 0 unspecified atom stereocenters. The maximum Gasteiger partial charge on any atom is 0.239 e. The van der Waals surface area contributed by atoms with Gasteiger partial charge in [0.2, 0.25) is 5.91 Å². The van der Waals surface area contributed by atoms with Gasteiger partial charge in [0, 0.05) is 34.9 Å². The van der Waals surface area contributed by atoms with Crippen molar-refractivity contribution in [3.8, 4) is 22.5 Å². The number of hydrogen-bond acceptors (Lipinski definition) is 6. The number of aromatic nitrogens is 3. The Bertz CT molecular complexity index is 1130. The number of pyridine rings is 1. The summed E-state index contributed by atoms with van der Waals surface area (Å²) < 4.78 is 0. The third-order valence-corrected chi connectivity index (χ3v) is 5.18. The van der Waals surface area contributed by atoms with Crippen LogP contribution in [0, 0.1) is 0 Å². The van der Waals surface area contributed by atoms with Crippen LogP contribution >= 0.6 is 11.3 Å². The van der Waals surface area contributed by atoms with E-state index in [-0.39, 0.29) is 18.5 Å². The average Bonchev–Trinajstić information content (AvgIpc) is 3.17. The molecule has 0 spiro atoms. The van der Waals surface area contributed by atoms with Crippen LogP contribution in [-0.4, -0.2) is 33.4 Å². The van der Waals surface area contributed by atoms with Gasteiger partial charge < -0.3 is 10.6 Å². The van der Waals surface area contributed by atoms with Crippen LogP contribution in [0.4, 0.5) is 5.82 Å². The highest BCUT2D eigenvalue weighted by Gasteiger charge is 2.17.